The maximum atomic E-state index is 12.3. The van der Waals surface area contributed by atoms with E-state index in [-0.39, 0.29) is 10.6 Å². The number of fused-ring (bicyclic) bond motifs is 1. The molecular weight excluding hydrogens is 446 g/mol. The molecule has 0 amide bonds. The number of rotatable bonds is 5. The summed E-state index contributed by atoms with van der Waals surface area (Å²) < 4.78 is 25.7. The van der Waals surface area contributed by atoms with Crippen molar-refractivity contribution in [2.75, 3.05) is 14.1 Å². The zero-order valence-electron chi connectivity index (χ0n) is 18.9. The standard InChI is InChI=1S/C28H25NO4S/c1-29(2)34(32,33)25-15-13-22(14-16-25)28(31)26-18-24-17-21(11-12-23(24)19-27(26)30)10-6-9-20-7-4-3-5-8-20/h3-5,7-8,11-19,28,30-31H,9H2,1-2H3. The number of aliphatic hydroxyl groups excluding tert-OH is 1. The van der Waals surface area contributed by atoms with Gasteiger partial charge in [0.1, 0.15) is 11.9 Å². The van der Waals surface area contributed by atoms with Crippen LogP contribution in [0.25, 0.3) is 10.8 Å². The van der Waals surface area contributed by atoms with Crippen LogP contribution in [0.15, 0.2) is 89.8 Å². The molecule has 0 saturated heterocycles. The predicted octanol–water partition coefficient (Wildman–Crippen LogP) is 4.47. The first-order valence-electron chi connectivity index (χ1n) is 10.8. The maximum absolute atomic E-state index is 12.3. The van der Waals surface area contributed by atoms with Gasteiger partial charge in [0.2, 0.25) is 10.0 Å². The number of sulfonamides is 1. The van der Waals surface area contributed by atoms with Gasteiger partial charge in [-0.3, -0.25) is 0 Å². The van der Waals surface area contributed by atoms with E-state index in [9.17, 15) is 18.6 Å². The molecule has 2 N–H and O–H groups in total. The van der Waals surface area contributed by atoms with Crippen LogP contribution in [0, 0.1) is 11.8 Å². The van der Waals surface area contributed by atoms with Crippen molar-refractivity contribution in [2.24, 2.45) is 0 Å². The van der Waals surface area contributed by atoms with E-state index in [2.05, 4.69) is 11.8 Å². The molecule has 5 nitrogen and oxygen atoms in total. The topological polar surface area (TPSA) is 77.8 Å². The second-order valence-corrected chi connectivity index (χ2v) is 10.3. The van der Waals surface area contributed by atoms with Crippen LogP contribution in [0.2, 0.25) is 0 Å². The second-order valence-electron chi connectivity index (χ2n) is 8.20. The van der Waals surface area contributed by atoms with E-state index >= 15 is 0 Å². The molecule has 0 aromatic heterocycles. The molecule has 1 unspecified atom stereocenters. The second kappa shape index (κ2) is 9.70. The SMILES string of the molecule is CN(C)S(=O)(=O)c1ccc(C(O)c2cc3cc(C#CCc4ccccc4)ccc3cc2O)cc1. The molecule has 34 heavy (non-hydrogen) atoms. The lowest BCUT2D eigenvalue weighted by atomic mass is 9.96. The van der Waals surface area contributed by atoms with E-state index in [0.29, 0.717) is 17.5 Å². The highest BCUT2D eigenvalue weighted by molar-refractivity contribution is 7.89. The zero-order valence-corrected chi connectivity index (χ0v) is 19.8. The van der Waals surface area contributed by atoms with Crippen molar-refractivity contribution in [3.05, 3.63) is 107 Å². The number of nitrogens with zero attached hydrogens (tertiary/aromatic N) is 1. The van der Waals surface area contributed by atoms with Crippen LogP contribution >= 0.6 is 0 Å². The molecule has 4 rings (SSSR count). The van der Waals surface area contributed by atoms with Crippen molar-refractivity contribution in [1.82, 2.24) is 4.31 Å². The third-order valence-corrected chi connectivity index (χ3v) is 7.45. The number of hydrogen-bond acceptors (Lipinski definition) is 4. The van der Waals surface area contributed by atoms with Gasteiger partial charge in [-0.05, 0) is 58.3 Å². The number of phenolic OH excluding ortho intramolecular Hbond substituents is 1. The fourth-order valence-corrected chi connectivity index (χ4v) is 4.56. The monoisotopic (exact) mass is 471 g/mol. The zero-order chi connectivity index (χ0) is 24.3. The van der Waals surface area contributed by atoms with Crippen LogP contribution in [0.3, 0.4) is 0 Å². The molecule has 0 fully saturated rings. The first-order chi connectivity index (χ1) is 16.3. The van der Waals surface area contributed by atoms with Crippen LogP contribution in [0.4, 0.5) is 0 Å². The Morgan fingerprint density at radius 2 is 1.59 bits per heavy atom. The first kappa shape index (κ1) is 23.5. The highest BCUT2D eigenvalue weighted by Gasteiger charge is 2.20. The first-order valence-corrected chi connectivity index (χ1v) is 12.2. The summed E-state index contributed by atoms with van der Waals surface area (Å²) in [6.07, 6.45) is -0.467. The summed E-state index contributed by atoms with van der Waals surface area (Å²) in [5, 5.41) is 23.1. The van der Waals surface area contributed by atoms with Crippen LogP contribution in [-0.2, 0) is 16.4 Å². The Bertz CT molecular complexity index is 1480. The van der Waals surface area contributed by atoms with Crippen molar-refractivity contribution in [2.45, 2.75) is 17.4 Å². The van der Waals surface area contributed by atoms with Gasteiger partial charge in [0.05, 0.1) is 4.90 Å². The van der Waals surface area contributed by atoms with E-state index in [1.54, 1.807) is 24.3 Å². The van der Waals surface area contributed by atoms with Crippen LogP contribution < -0.4 is 0 Å². The van der Waals surface area contributed by atoms with Crippen LogP contribution in [0.1, 0.15) is 28.4 Å². The highest BCUT2D eigenvalue weighted by Crippen LogP contribution is 2.34. The van der Waals surface area contributed by atoms with Gasteiger partial charge in [-0.2, -0.15) is 0 Å². The minimum absolute atomic E-state index is 0.0344. The Morgan fingerprint density at radius 1 is 0.882 bits per heavy atom. The Morgan fingerprint density at radius 3 is 2.26 bits per heavy atom. The van der Waals surface area contributed by atoms with Crippen molar-refractivity contribution in [3.8, 4) is 17.6 Å². The molecule has 0 aliphatic heterocycles. The molecule has 0 saturated carbocycles. The average Bonchev–Trinajstić information content (AvgIpc) is 2.84. The lowest BCUT2D eigenvalue weighted by molar-refractivity contribution is 0.215. The van der Waals surface area contributed by atoms with E-state index < -0.39 is 16.1 Å². The van der Waals surface area contributed by atoms with Crippen LogP contribution in [0.5, 0.6) is 5.75 Å². The molecular formula is C28H25NO4S. The summed E-state index contributed by atoms with van der Waals surface area (Å²) >= 11 is 0. The molecule has 0 aliphatic carbocycles. The van der Waals surface area contributed by atoms with Gasteiger partial charge in [-0.15, -0.1) is 0 Å². The summed E-state index contributed by atoms with van der Waals surface area (Å²) in [5.74, 6) is 6.32. The van der Waals surface area contributed by atoms with Gasteiger partial charge >= 0.3 is 0 Å². The van der Waals surface area contributed by atoms with E-state index in [1.165, 1.54) is 26.2 Å². The summed E-state index contributed by atoms with van der Waals surface area (Å²) in [4.78, 5) is 0.134. The van der Waals surface area contributed by atoms with E-state index in [4.69, 9.17) is 0 Å². The third-order valence-electron chi connectivity index (χ3n) is 5.62. The number of phenols is 1. The largest absolute Gasteiger partial charge is 0.508 e. The molecule has 0 heterocycles. The number of hydrogen-bond donors (Lipinski definition) is 2. The molecule has 0 spiro atoms. The quantitative estimate of drug-likeness (QED) is 0.421. The highest BCUT2D eigenvalue weighted by atomic mass is 32.2. The minimum atomic E-state index is -3.56. The van der Waals surface area contributed by atoms with Crippen LogP contribution in [-0.4, -0.2) is 37.0 Å². The van der Waals surface area contributed by atoms with Crippen molar-refractivity contribution >= 4 is 20.8 Å². The summed E-state index contributed by atoms with van der Waals surface area (Å²) in [6.45, 7) is 0. The fourth-order valence-electron chi connectivity index (χ4n) is 3.66. The number of benzene rings is 4. The molecule has 6 heteroatoms. The predicted molar refractivity (Wildman–Crippen MR) is 134 cm³/mol. The van der Waals surface area contributed by atoms with Gasteiger partial charge in [0.15, 0.2) is 0 Å². The van der Waals surface area contributed by atoms with Crippen molar-refractivity contribution in [1.29, 1.82) is 0 Å². The Kier molecular flexibility index (Phi) is 6.71. The molecule has 0 bridgehead atoms. The van der Waals surface area contributed by atoms with Crippen molar-refractivity contribution in [3.63, 3.8) is 0 Å². The summed E-state index contributed by atoms with van der Waals surface area (Å²) in [5.41, 5.74) is 2.81. The maximum Gasteiger partial charge on any atom is 0.242 e. The normalized spacial score (nSPS) is 12.4. The number of aliphatic hydroxyl groups is 1. The average molecular weight is 472 g/mol. The summed E-state index contributed by atoms with van der Waals surface area (Å²) in [6, 6.07) is 25.1. The Labute approximate surface area is 200 Å². The summed E-state index contributed by atoms with van der Waals surface area (Å²) in [7, 11) is -0.634. The lowest BCUT2D eigenvalue weighted by Crippen LogP contribution is -2.22. The van der Waals surface area contributed by atoms with Gasteiger partial charge < -0.3 is 10.2 Å². The smallest absolute Gasteiger partial charge is 0.242 e. The lowest BCUT2D eigenvalue weighted by Gasteiger charge is -2.16. The molecule has 0 aliphatic rings. The van der Waals surface area contributed by atoms with Gasteiger partial charge in [-0.1, -0.05) is 60.4 Å². The van der Waals surface area contributed by atoms with Crippen molar-refractivity contribution < 1.29 is 18.6 Å². The fraction of sp³-hybridized carbons (Fsp3) is 0.143. The molecule has 172 valence electrons. The van der Waals surface area contributed by atoms with E-state index in [0.717, 1.165) is 26.2 Å². The van der Waals surface area contributed by atoms with Gasteiger partial charge in [0, 0.05) is 31.6 Å². The van der Waals surface area contributed by atoms with Gasteiger partial charge in [0.25, 0.3) is 0 Å². The Hall–Kier alpha value is -3.63. The molecule has 4 aromatic carbocycles. The van der Waals surface area contributed by atoms with Gasteiger partial charge in [-0.25, -0.2) is 12.7 Å². The van der Waals surface area contributed by atoms with E-state index in [1.807, 2.05) is 48.5 Å². The molecule has 4 aromatic rings. The Balaban J connectivity index is 1.62. The minimum Gasteiger partial charge on any atom is -0.508 e. The third kappa shape index (κ3) is 4.97. The molecule has 1 atom stereocenters. The number of aromatic hydroxyl groups is 1. The molecule has 0 radical (unpaired) electrons.